The molecule has 1 atom stereocenters. The van der Waals surface area contributed by atoms with Crippen LogP contribution in [0.15, 0.2) is 29.6 Å². The third-order valence-electron chi connectivity index (χ3n) is 4.49. The standard InChI is InChI=1S/C18H27NS/c1-4-6-11-18(5-2,14-19-3)12-15-13-20-17-10-8-7-9-16(15)17/h7-10,13,19H,4-6,11-12,14H2,1-3H3. The van der Waals surface area contributed by atoms with Crippen LogP contribution in [0.25, 0.3) is 10.1 Å². The first-order valence-corrected chi connectivity index (χ1v) is 8.72. The summed E-state index contributed by atoms with van der Waals surface area (Å²) in [6.45, 7) is 5.76. The summed E-state index contributed by atoms with van der Waals surface area (Å²) in [5.74, 6) is 0. The van der Waals surface area contributed by atoms with Crippen LogP contribution < -0.4 is 5.32 Å². The summed E-state index contributed by atoms with van der Waals surface area (Å²) in [6.07, 6.45) is 6.39. The summed E-state index contributed by atoms with van der Waals surface area (Å²) in [5, 5.41) is 7.27. The molecule has 0 saturated heterocycles. The minimum absolute atomic E-state index is 0.411. The summed E-state index contributed by atoms with van der Waals surface area (Å²) in [5.41, 5.74) is 1.95. The van der Waals surface area contributed by atoms with E-state index in [1.165, 1.54) is 42.2 Å². The van der Waals surface area contributed by atoms with E-state index in [0.29, 0.717) is 5.41 Å². The molecule has 1 aromatic carbocycles. The fourth-order valence-corrected chi connectivity index (χ4v) is 4.13. The maximum atomic E-state index is 3.43. The molecule has 1 heterocycles. The molecule has 0 amide bonds. The van der Waals surface area contributed by atoms with Gasteiger partial charge in [0, 0.05) is 11.2 Å². The number of benzene rings is 1. The molecule has 0 bridgehead atoms. The highest BCUT2D eigenvalue weighted by molar-refractivity contribution is 7.17. The highest BCUT2D eigenvalue weighted by Crippen LogP contribution is 2.36. The van der Waals surface area contributed by atoms with Crippen molar-refractivity contribution in [3.63, 3.8) is 0 Å². The molecule has 20 heavy (non-hydrogen) atoms. The van der Waals surface area contributed by atoms with Gasteiger partial charge in [0.1, 0.15) is 0 Å². The first kappa shape index (κ1) is 15.5. The van der Waals surface area contributed by atoms with Crippen LogP contribution in [0.3, 0.4) is 0 Å². The van der Waals surface area contributed by atoms with Crippen LogP contribution in [0.4, 0.5) is 0 Å². The lowest BCUT2D eigenvalue weighted by Crippen LogP contribution is -2.34. The van der Waals surface area contributed by atoms with E-state index in [-0.39, 0.29) is 0 Å². The lowest BCUT2D eigenvalue weighted by atomic mass is 9.75. The first-order chi connectivity index (χ1) is 9.74. The van der Waals surface area contributed by atoms with Crippen molar-refractivity contribution in [1.82, 2.24) is 5.32 Å². The molecule has 0 aliphatic carbocycles. The summed E-state index contributed by atoms with van der Waals surface area (Å²) in [6, 6.07) is 8.82. The van der Waals surface area contributed by atoms with Crippen molar-refractivity contribution >= 4 is 21.4 Å². The van der Waals surface area contributed by atoms with E-state index in [0.717, 1.165) is 6.54 Å². The minimum Gasteiger partial charge on any atom is -0.319 e. The normalized spacial score (nSPS) is 14.6. The molecule has 0 spiro atoms. The average molecular weight is 289 g/mol. The molecule has 1 unspecified atom stereocenters. The van der Waals surface area contributed by atoms with Gasteiger partial charge in [0.05, 0.1) is 0 Å². The molecule has 1 aromatic heterocycles. The lowest BCUT2D eigenvalue weighted by Gasteiger charge is -2.33. The molecule has 2 heteroatoms. The van der Waals surface area contributed by atoms with E-state index in [2.05, 4.69) is 55.9 Å². The summed E-state index contributed by atoms with van der Waals surface area (Å²) in [7, 11) is 2.09. The van der Waals surface area contributed by atoms with Crippen molar-refractivity contribution in [1.29, 1.82) is 0 Å². The zero-order chi connectivity index (χ0) is 14.4. The molecule has 0 aliphatic heterocycles. The van der Waals surface area contributed by atoms with Gasteiger partial charge < -0.3 is 5.32 Å². The molecule has 0 fully saturated rings. The molecule has 0 saturated carbocycles. The maximum Gasteiger partial charge on any atom is 0.0345 e. The van der Waals surface area contributed by atoms with Crippen molar-refractivity contribution in [2.24, 2.45) is 5.41 Å². The summed E-state index contributed by atoms with van der Waals surface area (Å²) in [4.78, 5) is 0. The topological polar surface area (TPSA) is 12.0 Å². The highest BCUT2D eigenvalue weighted by atomic mass is 32.1. The Hall–Kier alpha value is -0.860. The number of unbranched alkanes of at least 4 members (excludes halogenated alkanes) is 1. The number of hydrogen-bond donors (Lipinski definition) is 1. The number of rotatable bonds is 8. The van der Waals surface area contributed by atoms with Crippen LogP contribution in [0.1, 0.15) is 45.1 Å². The van der Waals surface area contributed by atoms with Crippen molar-refractivity contribution in [2.75, 3.05) is 13.6 Å². The number of thiophene rings is 1. The Kier molecular flexibility index (Phi) is 5.62. The number of nitrogens with one attached hydrogen (secondary N) is 1. The second-order valence-electron chi connectivity index (χ2n) is 5.92. The van der Waals surface area contributed by atoms with Crippen molar-refractivity contribution < 1.29 is 0 Å². The third kappa shape index (κ3) is 3.42. The van der Waals surface area contributed by atoms with Gasteiger partial charge in [-0.15, -0.1) is 11.3 Å². The van der Waals surface area contributed by atoms with E-state index in [1.54, 1.807) is 5.56 Å². The van der Waals surface area contributed by atoms with E-state index >= 15 is 0 Å². The Morgan fingerprint density at radius 3 is 2.70 bits per heavy atom. The molecule has 0 radical (unpaired) electrons. The van der Waals surface area contributed by atoms with Gasteiger partial charge in [-0.1, -0.05) is 44.9 Å². The van der Waals surface area contributed by atoms with Gasteiger partial charge in [-0.25, -0.2) is 0 Å². The van der Waals surface area contributed by atoms with Crippen molar-refractivity contribution in [2.45, 2.75) is 46.0 Å². The second kappa shape index (κ2) is 7.24. The van der Waals surface area contributed by atoms with Crippen LogP contribution in [-0.4, -0.2) is 13.6 Å². The van der Waals surface area contributed by atoms with Gasteiger partial charge in [-0.3, -0.25) is 0 Å². The predicted octanol–water partition coefficient (Wildman–Crippen LogP) is 5.25. The second-order valence-corrected chi connectivity index (χ2v) is 6.83. The maximum absolute atomic E-state index is 3.43. The average Bonchev–Trinajstić information content (AvgIpc) is 2.88. The Labute approximate surface area is 127 Å². The number of fused-ring (bicyclic) bond motifs is 1. The number of hydrogen-bond acceptors (Lipinski definition) is 2. The lowest BCUT2D eigenvalue weighted by molar-refractivity contribution is 0.236. The van der Waals surface area contributed by atoms with Crippen LogP contribution in [-0.2, 0) is 6.42 Å². The van der Waals surface area contributed by atoms with Gasteiger partial charge in [-0.05, 0) is 54.1 Å². The Morgan fingerprint density at radius 2 is 2.00 bits per heavy atom. The molecular formula is C18H27NS. The van der Waals surface area contributed by atoms with E-state index in [4.69, 9.17) is 0 Å². The highest BCUT2D eigenvalue weighted by Gasteiger charge is 2.28. The molecule has 2 aromatic rings. The van der Waals surface area contributed by atoms with Gasteiger partial charge in [0.25, 0.3) is 0 Å². The Bertz CT molecular complexity index is 531. The Balaban J connectivity index is 2.26. The minimum atomic E-state index is 0.411. The smallest absolute Gasteiger partial charge is 0.0345 e. The van der Waals surface area contributed by atoms with Gasteiger partial charge in [0.2, 0.25) is 0 Å². The van der Waals surface area contributed by atoms with Gasteiger partial charge in [0.15, 0.2) is 0 Å². The monoisotopic (exact) mass is 289 g/mol. The van der Waals surface area contributed by atoms with Crippen LogP contribution in [0.2, 0.25) is 0 Å². The van der Waals surface area contributed by atoms with E-state index in [9.17, 15) is 0 Å². The van der Waals surface area contributed by atoms with E-state index < -0.39 is 0 Å². The molecule has 2 rings (SSSR count). The fraction of sp³-hybridized carbons (Fsp3) is 0.556. The molecule has 110 valence electrons. The van der Waals surface area contributed by atoms with Crippen LogP contribution >= 0.6 is 11.3 Å². The fourth-order valence-electron chi connectivity index (χ4n) is 3.17. The van der Waals surface area contributed by atoms with E-state index in [1.807, 2.05) is 11.3 Å². The molecular weight excluding hydrogens is 262 g/mol. The van der Waals surface area contributed by atoms with Crippen molar-refractivity contribution in [3.8, 4) is 0 Å². The SMILES string of the molecule is CCCCC(CC)(CNC)Cc1csc2ccccc12. The van der Waals surface area contributed by atoms with Crippen LogP contribution in [0.5, 0.6) is 0 Å². The van der Waals surface area contributed by atoms with Gasteiger partial charge >= 0.3 is 0 Å². The quantitative estimate of drug-likeness (QED) is 0.700. The summed E-state index contributed by atoms with van der Waals surface area (Å²) >= 11 is 1.89. The van der Waals surface area contributed by atoms with Gasteiger partial charge in [-0.2, -0.15) is 0 Å². The molecule has 1 N–H and O–H groups in total. The zero-order valence-electron chi connectivity index (χ0n) is 13.0. The zero-order valence-corrected chi connectivity index (χ0v) is 13.9. The van der Waals surface area contributed by atoms with Crippen LogP contribution in [0, 0.1) is 5.41 Å². The predicted molar refractivity (Wildman–Crippen MR) is 91.7 cm³/mol. The largest absolute Gasteiger partial charge is 0.319 e. The Morgan fingerprint density at radius 1 is 1.20 bits per heavy atom. The third-order valence-corrected chi connectivity index (χ3v) is 5.50. The first-order valence-electron chi connectivity index (χ1n) is 7.84. The molecule has 1 nitrogen and oxygen atoms in total. The molecule has 0 aliphatic rings. The summed E-state index contributed by atoms with van der Waals surface area (Å²) < 4.78 is 1.42. The van der Waals surface area contributed by atoms with Crippen molar-refractivity contribution in [3.05, 3.63) is 35.2 Å².